The van der Waals surface area contributed by atoms with Crippen molar-refractivity contribution in [3.8, 4) is 0 Å². The van der Waals surface area contributed by atoms with Gasteiger partial charge in [-0.25, -0.2) is 8.42 Å². The van der Waals surface area contributed by atoms with Gasteiger partial charge in [-0.3, -0.25) is 13.9 Å². The molecule has 0 unspecified atom stereocenters. The Bertz CT molecular complexity index is 1270. The number of carbonyl (C=O) groups excluding carboxylic acids is 2. The summed E-state index contributed by atoms with van der Waals surface area (Å²) < 4.78 is 65.8. The highest BCUT2D eigenvalue weighted by Crippen LogP contribution is 2.36. The normalized spacial score (nSPS) is 13.5. The van der Waals surface area contributed by atoms with Crippen LogP contribution in [0.15, 0.2) is 36.4 Å². The molecule has 2 aromatic carbocycles. The van der Waals surface area contributed by atoms with Crippen LogP contribution >= 0.6 is 34.8 Å². The van der Waals surface area contributed by atoms with Crippen molar-refractivity contribution >= 4 is 62.3 Å². The van der Waals surface area contributed by atoms with Crippen molar-refractivity contribution in [3.63, 3.8) is 0 Å². The lowest BCUT2D eigenvalue weighted by Crippen LogP contribution is -2.52. The molecule has 210 valence electrons. The average molecular weight is 617 g/mol. The van der Waals surface area contributed by atoms with Gasteiger partial charge in [-0.1, -0.05) is 47.8 Å². The Balaban J connectivity index is 2.55. The molecule has 1 N–H and O–H groups in total. The molecule has 0 radical (unpaired) electrons. The molecule has 0 aliphatic rings. The van der Waals surface area contributed by atoms with E-state index < -0.39 is 51.9 Å². The predicted octanol–water partition coefficient (Wildman–Crippen LogP) is 5.76. The highest BCUT2D eigenvalue weighted by molar-refractivity contribution is 7.92. The van der Waals surface area contributed by atoms with Gasteiger partial charge in [-0.05, 0) is 50.6 Å². The Kier molecular flexibility index (Phi) is 10.7. The van der Waals surface area contributed by atoms with Crippen molar-refractivity contribution in [2.24, 2.45) is 0 Å². The number of sulfonamides is 1. The summed E-state index contributed by atoms with van der Waals surface area (Å²) >= 11 is 18.6. The lowest BCUT2D eigenvalue weighted by molar-refractivity contribution is -0.139. The zero-order chi connectivity index (χ0) is 29.0. The lowest BCUT2D eigenvalue weighted by atomic mass is 10.1. The largest absolute Gasteiger partial charge is 0.416 e. The Hall–Kier alpha value is -2.21. The van der Waals surface area contributed by atoms with Crippen molar-refractivity contribution < 1.29 is 31.2 Å². The van der Waals surface area contributed by atoms with E-state index in [2.05, 4.69) is 5.32 Å². The summed E-state index contributed by atoms with van der Waals surface area (Å²) in [6, 6.07) is 5.43. The fraction of sp³-hybridized carbons (Fsp3) is 0.417. The van der Waals surface area contributed by atoms with Gasteiger partial charge in [0.2, 0.25) is 21.8 Å². The lowest BCUT2D eigenvalue weighted by Gasteiger charge is -2.32. The van der Waals surface area contributed by atoms with Crippen LogP contribution < -0.4 is 9.62 Å². The number of nitrogens with zero attached hydrogens (tertiary/aromatic N) is 2. The molecule has 14 heteroatoms. The smallest absolute Gasteiger partial charge is 0.352 e. The molecule has 0 aliphatic carbocycles. The second kappa shape index (κ2) is 12.8. The van der Waals surface area contributed by atoms with Crippen LogP contribution in [0.5, 0.6) is 0 Å². The monoisotopic (exact) mass is 615 g/mol. The summed E-state index contributed by atoms with van der Waals surface area (Å²) in [5.74, 6) is -1.43. The molecule has 0 fully saturated rings. The second-order valence-corrected chi connectivity index (χ2v) is 11.8. The Labute approximate surface area is 234 Å². The average Bonchev–Trinajstić information content (AvgIpc) is 2.80. The standard InChI is InChI=1S/C24H27Cl3F3N3O4S/c1-5-14(2)31-23(35)15(3)32(12-17-18(25)7-6-8-19(17)26)22(34)13-33(38(4,36)37)21-11-16(24(28,29)30)9-10-20(21)27/h6-11,14-15H,5,12-13H2,1-4H3,(H,31,35)/t14-,15+/m1/s1. The van der Waals surface area contributed by atoms with Crippen LogP contribution in [0.3, 0.4) is 0 Å². The maximum Gasteiger partial charge on any atom is 0.416 e. The molecule has 0 saturated heterocycles. The highest BCUT2D eigenvalue weighted by Gasteiger charge is 2.35. The number of benzene rings is 2. The molecule has 7 nitrogen and oxygen atoms in total. The zero-order valence-corrected chi connectivity index (χ0v) is 24.0. The van der Waals surface area contributed by atoms with Crippen LogP contribution in [0.4, 0.5) is 18.9 Å². The molecule has 2 rings (SSSR count). The van der Waals surface area contributed by atoms with Gasteiger partial charge < -0.3 is 10.2 Å². The number of hydrogen-bond donors (Lipinski definition) is 1. The fourth-order valence-corrected chi connectivity index (χ4v) is 5.02. The second-order valence-electron chi connectivity index (χ2n) is 8.65. The van der Waals surface area contributed by atoms with Gasteiger partial charge in [-0.2, -0.15) is 13.2 Å². The Morgan fingerprint density at radius 1 is 1.03 bits per heavy atom. The summed E-state index contributed by atoms with van der Waals surface area (Å²) in [4.78, 5) is 27.6. The minimum Gasteiger partial charge on any atom is -0.352 e. The number of alkyl halides is 3. The van der Waals surface area contributed by atoms with Gasteiger partial charge in [0.05, 0.1) is 22.5 Å². The number of carbonyl (C=O) groups is 2. The van der Waals surface area contributed by atoms with Crippen LogP contribution in [0.1, 0.15) is 38.3 Å². The summed E-state index contributed by atoms with van der Waals surface area (Å²) in [5.41, 5.74) is -1.39. The molecule has 2 aromatic rings. The first-order valence-corrected chi connectivity index (χ1v) is 14.3. The molecule has 0 spiro atoms. The molecule has 0 saturated carbocycles. The number of anilines is 1. The first-order valence-electron chi connectivity index (χ1n) is 11.3. The van der Waals surface area contributed by atoms with E-state index >= 15 is 0 Å². The molecular formula is C24H27Cl3F3N3O4S. The van der Waals surface area contributed by atoms with E-state index in [0.717, 1.165) is 17.2 Å². The first-order chi connectivity index (χ1) is 17.5. The molecule has 0 bridgehead atoms. The molecular weight excluding hydrogens is 590 g/mol. The van der Waals surface area contributed by atoms with Crippen molar-refractivity contribution in [2.75, 3.05) is 17.1 Å². The zero-order valence-electron chi connectivity index (χ0n) is 20.9. The van der Waals surface area contributed by atoms with Gasteiger partial charge in [0.15, 0.2) is 0 Å². The summed E-state index contributed by atoms with van der Waals surface area (Å²) in [6.07, 6.45) is -3.45. The third-order valence-electron chi connectivity index (χ3n) is 5.78. The van der Waals surface area contributed by atoms with E-state index in [0.29, 0.717) is 28.4 Å². The minimum atomic E-state index is -4.79. The molecule has 2 atom stereocenters. The molecule has 0 heterocycles. The fourth-order valence-electron chi connectivity index (χ4n) is 3.38. The van der Waals surface area contributed by atoms with Crippen molar-refractivity contribution in [1.29, 1.82) is 0 Å². The molecule has 2 amide bonds. The van der Waals surface area contributed by atoms with E-state index in [9.17, 15) is 31.2 Å². The van der Waals surface area contributed by atoms with Crippen molar-refractivity contribution in [1.82, 2.24) is 10.2 Å². The van der Waals surface area contributed by atoms with Crippen LogP contribution in [0.2, 0.25) is 15.1 Å². The summed E-state index contributed by atoms with van der Waals surface area (Å²) in [6.45, 7) is 3.83. The van der Waals surface area contributed by atoms with Crippen LogP contribution in [-0.4, -0.2) is 50.0 Å². The van der Waals surface area contributed by atoms with Gasteiger partial charge in [0.1, 0.15) is 12.6 Å². The van der Waals surface area contributed by atoms with E-state index in [1.54, 1.807) is 13.0 Å². The third-order valence-corrected chi connectivity index (χ3v) is 7.93. The molecule has 0 aromatic heterocycles. The summed E-state index contributed by atoms with van der Waals surface area (Å²) in [5, 5.41) is 2.83. The number of amides is 2. The first kappa shape index (κ1) is 32.0. The number of nitrogens with one attached hydrogen (secondary N) is 1. The number of hydrogen-bond acceptors (Lipinski definition) is 4. The van der Waals surface area contributed by atoms with E-state index in [1.807, 2.05) is 6.92 Å². The van der Waals surface area contributed by atoms with E-state index in [-0.39, 0.29) is 27.7 Å². The van der Waals surface area contributed by atoms with Gasteiger partial charge in [0.25, 0.3) is 0 Å². The van der Waals surface area contributed by atoms with Crippen LogP contribution in [0, 0.1) is 0 Å². The topological polar surface area (TPSA) is 86.8 Å². The molecule has 0 aliphatic heterocycles. The van der Waals surface area contributed by atoms with Crippen molar-refractivity contribution in [3.05, 3.63) is 62.6 Å². The Morgan fingerprint density at radius 3 is 2.11 bits per heavy atom. The van der Waals surface area contributed by atoms with Crippen molar-refractivity contribution in [2.45, 2.75) is 52.0 Å². The van der Waals surface area contributed by atoms with Gasteiger partial charge in [0, 0.05) is 28.2 Å². The van der Waals surface area contributed by atoms with Crippen LogP contribution in [-0.2, 0) is 32.3 Å². The SMILES string of the molecule is CC[C@@H](C)NC(=O)[C@H](C)N(Cc1c(Cl)cccc1Cl)C(=O)CN(c1cc(C(F)(F)F)ccc1Cl)S(C)(=O)=O. The van der Waals surface area contributed by atoms with E-state index in [1.165, 1.54) is 19.1 Å². The quantitative estimate of drug-likeness (QED) is 0.368. The van der Waals surface area contributed by atoms with Gasteiger partial charge in [-0.15, -0.1) is 0 Å². The Morgan fingerprint density at radius 2 is 1.61 bits per heavy atom. The number of rotatable bonds is 10. The van der Waals surface area contributed by atoms with Crippen LogP contribution in [0.25, 0.3) is 0 Å². The maximum absolute atomic E-state index is 13.6. The summed E-state index contributed by atoms with van der Waals surface area (Å²) in [7, 11) is -4.31. The predicted molar refractivity (Wildman–Crippen MR) is 143 cm³/mol. The maximum atomic E-state index is 13.6. The van der Waals surface area contributed by atoms with Gasteiger partial charge >= 0.3 is 6.18 Å². The molecule has 38 heavy (non-hydrogen) atoms. The highest BCUT2D eigenvalue weighted by atomic mass is 35.5. The van der Waals surface area contributed by atoms with E-state index in [4.69, 9.17) is 34.8 Å². The minimum absolute atomic E-state index is 0.200. The number of halogens is 6. The third kappa shape index (κ3) is 8.14.